The molecule has 0 radical (unpaired) electrons. The molecule has 2 unspecified atom stereocenters. The predicted octanol–water partition coefficient (Wildman–Crippen LogP) is 2.95. The second kappa shape index (κ2) is 5.56. The molecule has 0 aliphatic heterocycles. The van der Waals surface area contributed by atoms with Crippen LogP contribution in [0.5, 0.6) is 0 Å². The van der Waals surface area contributed by atoms with Crippen molar-refractivity contribution in [3.05, 3.63) is 27.1 Å². The maximum absolute atomic E-state index is 10.6. The first-order chi connectivity index (χ1) is 8.95. The van der Waals surface area contributed by atoms with Crippen molar-refractivity contribution in [3.63, 3.8) is 0 Å². The molecule has 1 aliphatic rings. The Morgan fingerprint density at radius 1 is 1.58 bits per heavy atom. The first-order valence-corrected chi connectivity index (χ1v) is 7.35. The van der Waals surface area contributed by atoms with Gasteiger partial charge in [-0.25, -0.2) is 0 Å². The smallest absolute Gasteiger partial charge is 0.324 e. The average Bonchev–Trinajstić information content (AvgIpc) is 2.81. The number of nitro groups is 1. The lowest BCUT2D eigenvalue weighted by Gasteiger charge is -2.51. The van der Waals surface area contributed by atoms with Crippen LogP contribution in [0.15, 0.2) is 12.1 Å². The summed E-state index contributed by atoms with van der Waals surface area (Å²) in [5, 5.41) is 14.3. The van der Waals surface area contributed by atoms with Crippen LogP contribution in [0.25, 0.3) is 0 Å². The summed E-state index contributed by atoms with van der Waals surface area (Å²) in [7, 11) is 0. The molecule has 5 nitrogen and oxygen atoms in total. The van der Waals surface area contributed by atoms with Crippen molar-refractivity contribution >= 4 is 16.3 Å². The summed E-state index contributed by atoms with van der Waals surface area (Å²) in [6.07, 6.45) is 1.32. The number of hydrogen-bond acceptors (Lipinski definition) is 5. The molecular formula is C13H20N2O3S. The maximum Gasteiger partial charge on any atom is 0.324 e. The Hall–Kier alpha value is -0.980. The molecule has 2 atom stereocenters. The second-order valence-electron chi connectivity index (χ2n) is 5.43. The molecule has 1 fully saturated rings. The Kier molecular flexibility index (Phi) is 4.23. The zero-order valence-corrected chi connectivity index (χ0v) is 12.3. The van der Waals surface area contributed by atoms with E-state index in [4.69, 9.17) is 4.74 Å². The molecule has 0 saturated heterocycles. The molecule has 1 aromatic rings. The number of nitrogens with zero attached hydrogens (tertiary/aromatic N) is 1. The summed E-state index contributed by atoms with van der Waals surface area (Å²) in [6, 6.07) is 3.79. The zero-order valence-electron chi connectivity index (χ0n) is 11.5. The van der Waals surface area contributed by atoms with Crippen molar-refractivity contribution in [2.75, 3.05) is 6.61 Å². The van der Waals surface area contributed by atoms with E-state index in [2.05, 4.69) is 19.2 Å². The summed E-state index contributed by atoms with van der Waals surface area (Å²) >= 11 is 1.24. The van der Waals surface area contributed by atoms with E-state index in [9.17, 15) is 10.1 Å². The lowest BCUT2D eigenvalue weighted by Crippen LogP contribution is -2.60. The van der Waals surface area contributed by atoms with Crippen LogP contribution < -0.4 is 5.32 Å². The van der Waals surface area contributed by atoms with Gasteiger partial charge in [0, 0.05) is 35.6 Å². The molecule has 2 rings (SSSR count). The van der Waals surface area contributed by atoms with Crippen molar-refractivity contribution in [3.8, 4) is 0 Å². The van der Waals surface area contributed by atoms with E-state index >= 15 is 0 Å². The predicted molar refractivity (Wildman–Crippen MR) is 75.4 cm³/mol. The molecule has 0 bridgehead atoms. The van der Waals surface area contributed by atoms with Crippen LogP contribution >= 0.6 is 11.3 Å². The molecule has 1 aliphatic carbocycles. The lowest BCUT2D eigenvalue weighted by molar-refractivity contribution is -0.380. The number of rotatable bonds is 6. The molecule has 1 saturated carbocycles. The van der Waals surface area contributed by atoms with Crippen LogP contribution in [0.2, 0.25) is 0 Å². The van der Waals surface area contributed by atoms with E-state index in [1.165, 1.54) is 11.3 Å². The quantitative estimate of drug-likeness (QED) is 0.644. The normalized spacial score (nSPS) is 25.0. The molecule has 6 heteroatoms. The monoisotopic (exact) mass is 284 g/mol. The van der Waals surface area contributed by atoms with Gasteiger partial charge in [-0.2, -0.15) is 0 Å². The average molecular weight is 284 g/mol. The van der Waals surface area contributed by atoms with Gasteiger partial charge in [0.1, 0.15) is 0 Å². The van der Waals surface area contributed by atoms with E-state index in [0.717, 1.165) is 17.9 Å². The summed E-state index contributed by atoms with van der Waals surface area (Å²) in [5.41, 5.74) is 0.124. The number of nitrogens with one attached hydrogen (secondary N) is 1. The van der Waals surface area contributed by atoms with Crippen LogP contribution in [0.3, 0.4) is 0 Å². The van der Waals surface area contributed by atoms with E-state index in [-0.39, 0.29) is 15.3 Å². The van der Waals surface area contributed by atoms with Crippen LogP contribution in [0, 0.1) is 15.5 Å². The van der Waals surface area contributed by atoms with Gasteiger partial charge in [0.15, 0.2) is 0 Å². The Morgan fingerprint density at radius 3 is 2.84 bits per heavy atom. The molecule has 106 valence electrons. The van der Waals surface area contributed by atoms with Crippen LogP contribution in [0.4, 0.5) is 5.00 Å². The van der Waals surface area contributed by atoms with E-state index in [1.807, 2.05) is 13.0 Å². The number of hydrogen-bond donors (Lipinski definition) is 1. The van der Waals surface area contributed by atoms with Crippen molar-refractivity contribution in [2.24, 2.45) is 5.41 Å². The highest BCUT2D eigenvalue weighted by Gasteiger charge is 2.48. The largest absolute Gasteiger partial charge is 0.378 e. The summed E-state index contributed by atoms with van der Waals surface area (Å²) in [6.45, 7) is 7.85. The molecule has 1 aromatic heterocycles. The van der Waals surface area contributed by atoms with Crippen molar-refractivity contribution in [1.82, 2.24) is 5.32 Å². The Morgan fingerprint density at radius 2 is 2.32 bits per heavy atom. The molecule has 1 N–H and O–H groups in total. The number of thiophene rings is 1. The minimum absolute atomic E-state index is 0.124. The van der Waals surface area contributed by atoms with Gasteiger partial charge in [0.25, 0.3) is 0 Å². The third-order valence-corrected chi connectivity index (χ3v) is 4.93. The van der Waals surface area contributed by atoms with E-state index in [0.29, 0.717) is 18.7 Å². The van der Waals surface area contributed by atoms with Gasteiger partial charge in [-0.05, 0) is 19.4 Å². The molecular weight excluding hydrogens is 264 g/mol. The second-order valence-corrected chi connectivity index (χ2v) is 6.58. The third-order valence-electron chi connectivity index (χ3n) is 3.90. The fourth-order valence-electron chi connectivity index (χ4n) is 2.50. The highest BCUT2D eigenvalue weighted by atomic mass is 32.1. The minimum atomic E-state index is -0.341. The first-order valence-electron chi connectivity index (χ1n) is 6.53. The lowest BCUT2D eigenvalue weighted by atomic mass is 9.64. The molecule has 0 spiro atoms. The fraction of sp³-hybridized carbons (Fsp3) is 0.692. The highest BCUT2D eigenvalue weighted by molar-refractivity contribution is 7.15. The van der Waals surface area contributed by atoms with Crippen LogP contribution in [0.1, 0.15) is 32.1 Å². The molecule has 0 aromatic carbocycles. The van der Waals surface area contributed by atoms with Gasteiger partial charge in [0.05, 0.1) is 11.0 Å². The Labute approximate surface area is 117 Å². The first kappa shape index (κ1) is 14.4. The summed E-state index contributed by atoms with van der Waals surface area (Å²) < 4.78 is 5.68. The van der Waals surface area contributed by atoms with Crippen molar-refractivity contribution in [1.29, 1.82) is 0 Å². The van der Waals surface area contributed by atoms with Gasteiger partial charge in [-0.15, -0.1) is 0 Å². The zero-order chi connectivity index (χ0) is 14.0. The topological polar surface area (TPSA) is 64.4 Å². The maximum atomic E-state index is 10.6. The third kappa shape index (κ3) is 2.96. The van der Waals surface area contributed by atoms with Gasteiger partial charge in [-0.1, -0.05) is 25.2 Å². The highest BCUT2D eigenvalue weighted by Crippen LogP contribution is 2.43. The van der Waals surface area contributed by atoms with Gasteiger partial charge < -0.3 is 10.1 Å². The minimum Gasteiger partial charge on any atom is -0.378 e. The van der Waals surface area contributed by atoms with E-state index in [1.54, 1.807) is 6.07 Å². The molecule has 1 heterocycles. The van der Waals surface area contributed by atoms with Crippen LogP contribution in [-0.4, -0.2) is 23.7 Å². The van der Waals surface area contributed by atoms with Gasteiger partial charge in [-0.3, -0.25) is 10.1 Å². The summed E-state index contributed by atoms with van der Waals surface area (Å²) in [5.74, 6) is 0. The molecule has 0 amide bonds. The Bertz CT molecular complexity index is 458. The summed E-state index contributed by atoms with van der Waals surface area (Å²) in [4.78, 5) is 11.3. The van der Waals surface area contributed by atoms with Crippen molar-refractivity contribution < 1.29 is 9.66 Å². The molecule has 19 heavy (non-hydrogen) atoms. The number of ether oxygens (including phenoxy) is 1. The standard InChI is InChI=1S/C13H20N2O3S/c1-4-18-11-7-10(13(11,2)3)14-8-9-5-6-12(19-9)15(16)17/h5-6,10-11,14H,4,7-8H2,1-3H3. The Balaban J connectivity index is 1.85. The van der Waals surface area contributed by atoms with Gasteiger partial charge in [0.2, 0.25) is 0 Å². The fourth-order valence-corrected chi connectivity index (χ4v) is 3.27. The van der Waals surface area contributed by atoms with Crippen molar-refractivity contribution in [2.45, 2.75) is 45.9 Å². The SMILES string of the molecule is CCOC1CC(NCc2ccc([N+](=O)[O-])s2)C1(C)C. The van der Waals surface area contributed by atoms with Crippen LogP contribution in [-0.2, 0) is 11.3 Å². The van der Waals surface area contributed by atoms with Gasteiger partial charge >= 0.3 is 5.00 Å². The van der Waals surface area contributed by atoms with E-state index < -0.39 is 0 Å².